The number of aromatic hydroxyl groups is 1. The zero-order chi connectivity index (χ0) is 29.1. The first-order valence-corrected chi connectivity index (χ1v) is 12.7. The van der Waals surface area contributed by atoms with E-state index >= 15 is 0 Å². The van der Waals surface area contributed by atoms with E-state index in [-0.39, 0.29) is 42.2 Å². The number of amides is 2. The number of carbonyl (C=O) groups excluding carboxylic acids is 4. The minimum Gasteiger partial charge on any atom is -0.508 e. The summed E-state index contributed by atoms with van der Waals surface area (Å²) in [6.07, 6.45) is 0.122. The molecule has 0 saturated heterocycles. The van der Waals surface area contributed by atoms with E-state index in [1.807, 2.05) is 0 Å². The van der Waals surface area contributed by atoms with E-state index in [0.717, 1.165) is 0 Å². The van der Waals surface area contributed by atoms with Crippen LogP contribution in [0.4, 0.5) is 0 Å². The molecule has 1 fully saturated rings. The summed E-state index contributed by atoms with van der Waals surface area (Å²) in [6.45, 7) is 0.0668. The summed E-state index contributed by atoms with van der Waals surface area (Å²) in [5.74, 6) is -7.39. The van der Waals surface area contributed by atoms with Crippen LogP contribution in [0, 0.1) is 11.8 Å². The van der Waals surface area contributed by atoms with Gasteiger partial charge in [0, 0.05) is 23.6 Å². The molecule has 0 spiro atoms. The van der Waals surface area contributed by atoms with Gasteiger partial charge in [-0.1, -0.05) is 24.3 Å². The van der Waals surface area contributed by atoms with Crippen molar-refractivity contribution in [2.24, 2.45) is 17.6 Å². The lowest BCUT2D eigenvalue weighted by atomic mass is 9.57. The topological polar surface area (TPSA) is 190 Å². The second-order valence-electron chi connectivity index (χ2n) is 10.6. The van der Waals surface area contributed by atoms with Gasteiger partial charge in [-0.05, 0) is 62.2 Å². The van der Waals surface area contributed by atoms with Gasteiger partial charge in [0.1, 0.15) is 22.8 Å². The van der Waals surface area contributed by atoms with Gasteiger partial charge in [0.2, 0.25) is 5.78 Å². The van der Waals surface area contributed by atoms with Crippen molar-refractivity contribution < 1.29 is 39.6 Å². The number of phenolic OH excluding ortho intramolecular Hbond substituents is 1. The fraction of sp³-hybridized carbons (Fsp3) is 0.310. The summed E-state index contributed by atoms with van der Waals surface area (Å²) in [4.78, 5) is 53.2. The molecule has 11 heteroatoms. The number of hydrogen-bond donors (Lipinski definition) is 6. The number of fused-ring (bicyclic) bond motifs is 3. The summed E-state index contributed by atoms with van der Waals surface area (Å²) in [7, 11) is 3.08. The Morgan fingerprint density at radius 2 is 1.75 bits per heavy atom. The number of hydrogen-bond acceptors (Lipinski definition) is 9. The first-order chi connectivity index (χ1) is 18.9. The Morgan fingerprint density at radius 1 is 1.07 bits per heavy atom. The van der Waals surface area contributed by atoms with Crippen LogP contribution in [0.3, 0.4) is 0 Å². The van der Waals surface area contributed by atoms with Crippen molar-refractivity contribution in [1.29, 1.82) is 0 Å². The fourth-order valence-corrected chi connectivity index (χ4v) is 6.34. The van der Waals surface area contributed by atoms with Gasteiger partial charge in [-0.25, -0.2) is 0 Å². The van der Waals surface area contributed by atoms with Crippen LogP contribution in [0.15, 0.2) is 59.4 Å². The Bertz CT molecular complexity index is 1530. The molecule has 5 rings (SSSR count). The number of nitrogens with zero attached hydrogens (tertiary/aromatic N) is 1. The van der Waals surface area contributed by atoms with Gasteiger partial charge in [-0.3, -0.25) is 24.1 Å². The molecule has 0 radical (unpaired) electrons. The lowest BCUT2D eigenvalue weighted by Gasteiger charge is -2.50. The maximum Gasteiger partial charge on any atom is 0.255 e. The number of rotatable bonds is 5. The van der Waals surface area contributed by atoms with Crippen molar-refractivity contribution in [3.05, 3.63) is 81.6 Å². The zero-order valence-corrected chi connectivity index (χ0v) is 21.8. The van der Waals surface area contributed by atoms with Crippen LogP contribution in [-0.4, -0.2) is 74.4 Å². The first-order valence-electron chi connectivity index (χ1n) is 12.7. The predicted octanol–water partition coefficient (Wildman–Crippen LogP) is 0.894. The molecule has 2 aromatic rings. The third-order valence-electron chi connectivity index (χ3n) is 8.18. The van der Waals surface area contributed by atoms with Gasteiger partial charge >= 0.3 is 0 Å². The van der Waals surface area contributed by atoms with Crippen LogP contribution >= 0.6 is 0 Å². The van der Waals surface area contributed by atoms with Crippen LogP contribution in [0.5, 0.6) is 5.75 Å². The highest BCUT2D eigenvalue weighted by Gasteiger charge is 2.64. The van der Waals surface area contributed by atoms with E-state index in [0.29, 0.717) is 16.7 Å². The summed E-state index contributed by atoms with van der Waals surface area (Å²) in [5, 5.41) is 47.4. The average Bonchev–Trinajstić information content (AvgIpc) is 2.90. The van der Waals surface area contributed by atoms with Crippen LogP contribution < -0.4 is 11.1 Å². The molecule has 11 nitrogen and oxygen atoms in total. The van der Waals surface area contributed by atoms with Crippen molar-refractivity contribution in [3.8, 4) is 5.75 Å². The quantitative estimate of drug-likeness (QED) is 0.295. The number of benzene rings is 2. The first kappa shape index (κ1) is 27.1. The number of ketones is 2. The Morgan fingerprint density at radius 3 is 2.38 bits per heavy atom. The van der Waals surface area contributed by atoms with E-state index in [1.165, 1.54) is 11.0 Å². The average molecular weight is 548 g/mol. The number of likely N-dealkylation sites (N-methyl/N-ethyl adjacent to an activating group) is 1. The molecule has 0 bridgehead atoms. The van der Waals surface area contributed by atoms with E-state index in [2.05, 4.69) is 5.32 Å². The van der Waals surface area contributed by atoms with Crippen molar-refractivity contribution in [1.82, 2.24) is 10.2 Å². The minimum atomic E-state index is -2.69. The Kier molecular flexibility index (Phi) is 6.51. The van der Waals surface area contributed by atoms with Gasteiger partial charge in [-0.15, -0.1) is 0 Å². The summed E-state index contributed by atoms with van der Waals surface area (Å²) in [6, 6.07) is 10.4. The molecule has 4 atom stereocenters. The zero-order valence-electron chi connectivity index (χ0n) is 21.8. The van der Waals surface area contributed by atoms with E-state index in [9.17, 15) is 39.6 Å². The molecule has 1 saturated carbocycles. The highest BCUT2D eigenvalue weighted by atomic mass is 16.3. The number of nitrogens with one attached hydrogen (secondary N) is 1. The van der Waals surface area contributed by atoms with Gasteiger partial charge in [-0.2, -0.15) is 0 Å². The van der Waals surface area contributed by atoms with Gasteiger partial charge in [0.15, 0.2) is 11.4 Å². The van der Waals surface area contributed by atoms with Crippen LogP contribution in [0.1, 0.15) is 33.5 Å². The molecule has 7 N–H and O–H groups in total. The van der Waals surface area contributed by atoms with E-state index < -0.39 is 58.0 Å². The molecule has 2 amide bonds. The standard InChI is InChI=1S/C29H29N3O8/c1-32(2)22-17-11-15-10-16-14(12-31-28(39)13-6-4-3-5-7-13)8-9-18(33)20(16)23(34)19(15)25(36)29(17,40)26(37)21(24(22)35)27(30)38/h3-9,15,17,22,33-34,37,40H,10-12H2,1-2H3,(H2,30,38)(H,31,39)/t15-,17-,22-,29-/m1/s1. The Labute approximate surface area is 229 Å². The predicted molar refractivity (Wildman–Crippen MR) is 142 cm³/mol. The Hall–Kier alpha value is -4.48. The monoisotopic (exact) mass is 547 g/mol. The van der Waals surface area contributed by atoms with Crippen LogP contribution in [-0.2, 0) is 27.3 Å². The third-order valence-corrected chi connectivity index (χ3v) is 8.18. The normalized spacial score (nSPS) is 25.9. The molecule has 3 aliphatic carbocycles. The number of primary amides is 1. The molecule has 3 aliphatic rings. The van der Waals surface area contributed by atoms with Crippen molar-refractivity contribution in [2.45, 2.75) is 31.0 Å². The maximum atomic E-state index is 13.9. The lowest BCUT2D eigenvalue weighted by Crippen LogP contribution is -2.65. The molecule has 0 aromatic heterocycles. The number of aliphatic hydroxyl groups excluding tert-OH is 2. The fourth-order valence-electron chi connectivity index (χ4n) is 6.34. The van der Waals surface area contributed by atoms with Crippen molar-refractivity contribution in [3.63, 3.8) is 0 Å². The molecular weight excluding hydrogens is 518 g/mol. The highest BCUT2D eigenvalue weighted by molar-refractivity contribution is 6.24. The molecule has 208 valence electrons. The minimum absolute atomic E-state index is 0.0166. The smallest absolute Gasteiger partial charge is 0.255 e. The molecule has 0 heterocycles. The molecular formula is C29H29N3O8. The summed E-state index contributed by atoms with van der Waals surface area (Å²) in [5.41, 5.74) is 3.08. The number of phenols is 1. The maximum absolute atomic E-state index is 13.9. The number of nitrogens with two attached hydrogens (primary N) is 1. The molecule has 40 heavy (non-hydrogen) atoms. The number of Topliss-reactive ketones (excluding diaryl/α,β-unsaturated/α-hetero) is 2. The second kappa shape index (κ2) is 9.61. The van der Waals surface area contributed by atoms with Gasteiger partial charge in [0.05, 0.1) is 11.6 Å². The number of aliphatic hydroxyl groups is 3. The third kappa shape index (κ3) is 3.89. The molecule has 0 unspecified atom stereocenters. The second-order valence-corrected chi connectivity index (χ2v) is 10.6. The van der Waals surface area contributed by atoms with Crippen molar-refractivity contribution in [2.75, 3.05) is 14.1 Å². The summed E-state index contributed by atoms with van der Waals surface area (Å²) >= 11 is 0. The van der Waals surface area contributed by atoms with Gasteiger partial charge < -0.3 is 31.5 Å². The number of carbonyl (C=O) groups is 4. The molecule has 2 aromatic carbocycles. The van der Waals surface area contributed by atoms with Gasteiger partial charge in [0.25, 0.3) is 11.8 Å². The lowest BCUT2D eigenvalue weighted by molar-refractivity contribution is -0.153. The Balaban J connectivity index is 1.59. The van der Waals surface area contributed by atoms with E-state index in [4.69, 9.17) is 5.73 Å². The molecule has 0 aliphatic heterocycles. The van der Waals surface area contributed by atoms with E-state index in [1.54, 1.807) is 50.5 Å². The SMILES string of the molecule is CN(C)[C@H]1C(=O)C(C(N)=O)=C(O)[C@]2(O)C(=O)C3=C(O)c4c(O)ccc(CNC(=O)c5ccccc5)c4C[C@@H]3C[C@H]12. The largest absolute Gasteiger partial charge is 0.508 e. The van der Waals surface area contributed by atoms with Crippen LogP contribution in [0.25, 0.3) is 5.76 Å². The highest BCUT2D eigenvalue weighted by Crippen LogP contribution is 2.52. The van der Waals surface area contributed by atoms with Crippen molar-refractivity contribution >= 4 is 29.1 Å². The summed E-state index contributed by atoms with van der Waals surface area (Å²) < 4.78 is 0. The van der Waals surface area contributed by atoms with Crippen LogP contribution in [0.2, 0.25) is 0 Å².